The molecule has 1 fully saturated rings. The fraction of sp³-hybridized carbons (Fsp3) is 0.500. The van der Waals surface area contributed by atoms with Gasteiger partial charge in [-0.1, -0.05) is 41.9 Å². The monoisotopic (exact) mass is 271 g/mol. The standard InChI is InChI=1S/C16H21N3O/c1-11-5-7-13(8-6-11)10-12(2)15-18-16(20-19-15)14-4-3-9-17-14/h5-8,12,14,17H,3-4,9-10H2,1-2H3/t12-,14-/m0/s1. The van der Waals surface area contributed by atoms with Crippen LogP contribution in [0.25, 0.3) is 0 Å². The summed E-state index contributed by atoms with van der Waals surface area (Å²) < 4.78 is 5.40. The molecule has 1 aliphatic heterocycles. The van der Waals surface area contributed by atoms with Gasteiger partial charge in [0.2, 0.25) is 5.89 Å². The molecule has 0 unspecified atom stereocenters. The zero-order chi connectivity index (χ0) is 13.9. The molecule has 1 saturated heterocycles. The molecule has 20 heavy (non-hydrogen) atoms. The van der Waals surface area contributed by atoms with Crippen LogP contribution in [0, 0.1) is 6.92 Å². The lowest BCUT2D eigenvalue weighted by Crippen LogP contribution is -2.13. The third kappa shape index (κ3) is 2.90. The van der Waals surface area contributed by atoms with Gasteiger partial charge in [-0.05, 0) is 38.3 Å². The number of benzene rings is 1. The molecule has 4 heteroatoms. The summed E-state index contributed by atoms with van der Waals surface area (Å²) in [5.74, 6) is 1.83. The largest absolute Gasteiger partial charge is 0.338 e. The number of nitrogens with zero attached hydrogens (tertiary/aromatic N) is 2. The van der Waals surface area contributed by atoms with E-state index in [1.165, 1.54) is 17.5 Å². The Bertz CT molecular complexity index is 555. The summed E-state index contributed by atoms with van der Waals surface area (Å²) in [5, 5.41) is 7.53. The van der Waals surface area contributed by atoms with E-state index in [0.29, 0.717) is 0 Å². The molecule has 0 radical (unpaired) electrons. The second-order valence-electron chi connectivity index (χ2n) is 5.73. The predicted octanol–water partition coefficient (Wildman–Crippen LogP) is 3.15. The normalized spacial score (nSPS) is 20.2. The summed E-state index contributed by atoms with van der Waals surface area (Å²) in [5.41, 5.74) is 2.60. The van der Waals surface area contributed by atoms with Crippen LogP contribution in [-0.4, -0.2) is 16.7 Å². The number of nitrogens with one attached hydrogen (secondary N) is 1. The highest BCUT2D eigenvalue weighted by atomic mass is 16.5. The van der Waals surface area contributed by atoms with Crippen LogP contribution < -0.4 is 5.32 Å². The van der Waals surface area contributed by atoms with E-state index in [9.17, 15) is 0 Å². The molecule has 3 rings (SSSR count). The highest BCUT2D eigenvalue weighted by Crippen LogP contribution is 2.24. The van der Waals surface area contributed by atoms with Crippen LogP contribution in [0.15, 0.2) is 28.8 Å². The molecule has 2 heterocycles. The molecular weight excluding hydrogens is 250 g/mol. The molecule has 1 aromatic carbocycles. The molecule has 1 aromatic heterocycles. The molecule has 1 aliphatic rings. The molecule has 0 saturated carbocycles. The quantitative estimate of drug-likeness (QED) is 0.928. The first-order chi connectivity index (χ1) is 9.72. The van der Waals surface area contributed by atoms with E-state index < -0.39 is 0 Å². The molecule has 2 aromatic rings. The van der Waals surface area contributed by atoms with Crippen LogP contribution in [0.4, 0.5) is 0 Å². The Morgan fingerprint density at radius 3 is 2.85 bits per heavy atom. The molecular formula is C16H21N3O. The van der Waals surface area contributed by atoms with Crippen molar-refractivity contribution < 1.29 is 4.52 Å². The summed E-state index contributed by atoms with van der Waals surface area (Å²) in [6, 6.07) is 8.89. The maximum atomic E-state index is 5.40. The van der Waals surface area contributed by atoms with E-state index in [2.05, 4.69) is 53.6 Å². The molecule has 2 atom stereocenters. The summed E-state index contributed by atoms with van der Waals surface area (Å²) in [6.07, 6.45) is 3.21. The van der Waals surface area contributed by atoms with E-state index in [-0.39, 0.29) is 12.0 Å². The highest BCUT2D eigenvalue weighted by Gasteiger charge is 2.23. The first-order valence-electron chi connectivity index (χ1n) is 7.35. The van der Waals surface area contributed by atoms with Crippen molar-refractivity contribution in [2.75, 3.05) is 6.54 Å². The molecule has 106 valence electrons. The lowest BCUT2D eigenvalue weighted by Gasteiger charge is -2.07. The fourth-order valence-electron chi connectivity index (χ4n) is 2.65. The number of hydrogen-bond donors (Lipinski definition) is 1. The van der Waals surface area contributed by atoms with Crippen molar-refractivity contribution in [3.63, 3.8) is 0 Å². The van der Waals surface area contributed by atoms with Crippen LogP contribution in [0.1, 0.15) is 54.6 Å². The van der Waals surface area contributed by atoms with Gasteiger partial charge in [-0.25, -0.2) is 0 Å². The minimum absolute atomic E-state index is 0.253. The highest BCUT2D eigenvalue weighted by molar-refractivity contribution is 5.22. The zero-order valence-electron chi connectivity index (χ0n) is 12.1. The van der Waals surface area contributed by atoms with Gasteiger partial charge in [0.05, 0.1) is 6.04 Å². The van der Waals surface area contributed by atoms with Crippen molar-refractivity contribution in [2.24, 2.45) is 0 Å². The van der Waals surface area contributed by atoms with Crippen LogP contribution in [0.2, 0.25) is 0 Å². The van der Waals surface area contributed by atoms with Gasteiger partial charge in [-0.15, -0.1) is 0 Å². The Hall–Kier alpha value is -1.68. The first kappa shape index (κ1) is 13.3. The van der Waals surface area contributed by atoms with Crippen molar-refractivity contribution in [3.05, 3.63) is 47.1 Å². The van der Waals surface area contributed by atoms with Crippen LogP contribution in [0.5, 0.6) is 0 Å². The second kappa shape index (κ2) is 5.75. The lowest BCUT2D eigenvalue weighted by atomic mass is 10.00. The Labute approximate surface area is 119 Å². The fourth-order valence-corrected chi connectivity index (χ4v) is 2.65. The molecule has 0 spiro atoms. The van der Waals surface area contributed by atoms with Crippen LogP contribution in [0.3, 0.4) is 0 Å². The summed E-state index contributed by atoms with van der Waals surface area (Å²) in [7, 11) is 0. The second-order valence-corrected chi connectivity index (χ2v) is 5.73. The molecule has 0 amide bonds. The SMILES string of the molecule is Cc1ccc(C[C@H](C)c2noc([C@@H]3CCCN3)n2)cc1. The maximum absolute atomic E-state index is 5.40. The number of rotatable bonds is 4. The summed E-state index contributed by atoms with van der Waals surface area (Å²) >= 11 is 0. The average molecular weight is 271 g/mol. The van der Waals surface area contributed by atoms with Crippen molar-refractivity contribution in [3.8, 4) is 0 Å². The molecule has 0 aliphatic carbocycles. The molecule has 1 N–H and O–H groups in total. The Kier molecular flexibility index (Phi) is 3.83. The third-order valence-electron chi connectivity index (χ3n) is 3.92. The number of hydrogen-bond acceptors (Lipinski definition) is 4. The van der Waals surface area contributed by atoms with Gasteiger partial charge in [-0.3, -0.25) is 0 Å². The van der Waals surface area contributed by atoms with Gasteiger partial charge < -0.3 is 9.84 Å². The smallest absolute Gasteiger partial charge is 0.243 e. The number of aryl methyl sites for hydroxylation is 1. The van der Waals surface area contributed by atoms with Crippen molar-refractivity contribution >= 4 is 0 Å². The van der Waals surface area contributed by atoms with E-state index in [1.54, 1.807) is 0 Å². The number of aromatic nitrogens is 2. The molecule has 4 nitrogen and oxygen atoms in total. The van der Waals surface area contributed by atoms with Crippen molar-refractivity contribution in [2.45, 2.75) is 45.1 Å². The molecule has 0 bridgehead atoms. The Balaban J connectivity index is 1.67. The van der Waals surface area contributed by atoms with Crippen LogP contribution in [-0.2, 0) is 6.42 Å². The lowest BCUT2D eigenvalue weighted by molar-refractivity contribution is 0.339. The van der Waals surface area contributed by atoms with E-state index in [1.807, 2.05) is 0 Å². The minimum atomic E-state index is 0.253. The Morgan fingerprint density at radius 2 is 2.15 bits per heavy atom. The van der Waals surface area contributed by atoms with E-state index in [0.717, 1.165) is 31.1 Å². The van der Waals surface area contributed by atoms with E-state index in [4.69, 9.17) is 4.52 Å². The predicted molar refractivity (Wildman–Crippen MR) is 77.6 cm³/mol. The third-order valence-corrected chi connectivity index (χ3v) is 3.92. The Morgan fingerprint density at radius 1 is 1.35 bits per heavy atom. The van der Waals surface area contributed by atoms with Gasteiger partial charge >= 0.3 is 0 Å². The summed E-state index contributed by atoms with van der Waals surface area (Å²) in [6.45, 7) is 5.30. The van der Waals surface area contributed by atoms with Gasteiger partial charge in [-0.2, -0.15) is 4.98 Å². The van der Waals surface area contributed by atoms with Gasteiger partial charge in [0.1, 0.15) is 0 Å². The van der Waals surface area contributed by atoms with Crippen LogP contribution >= 0.6 is 0 Å². The van der Waals surface area contributed by atoms with Crippen molar-refractivity contribution in [1.29, 1.82) is 0 Å². The zero-order valence-corrected chi connectivity index (χ0v) is 12.1. The first-order valence-corrected chi connectivity index (χ1v) is 7.35. The maximum Gasteiger partial charge on any atom is 0.243 e. The van der Waals surface area contributed by atoms with Gasteiger partial charge in [0, 0.05) is 5.92 Å². The van der Waals surface area contributed by atoms with Gasteiger partial charge in [0.15, 0.2) is 5.82 Å². The van der Waals surface area contributed by atoms with Gasteiger partial charge in [0.25, 0.3) is 0 Å². The average Bonchev–Trinajstić information content (AvgIpc) is 3.11. The topological polar surface area (TPSA) is 51.0 Å². The summed E-state index contributed by atoms with van der Waals surface area (Å²) in [4.78, 5) is 4.57. The van der Waals surface area contributed by atoms with E-state index >= 15 is 0 Å². The minimum Gasteiger partial charge on any atom is -0.338 e. The van der Waals surface area contributed by atoms with Crippen molar-refractivity contribution in [1.82, 2.24) is 15.5 Å².